The van der Waals surface area contributed by atoms with Gasteiger partial charge in [-0.2, -0.15) is 0 Å². The van der Waals surface area contributed by atoms with Gasteiger partial charge in [0.2, 0.25) is 5.91 Å². The van der Waals surface area contributed by atoms with Crippen molar-refractivity contribution in [1.29, 1.82) is 0 Å². The van der Waals surface area contributed by atoms with Crippen LogP contribution in [0.3, 0.4) is 0 Å². The molecule has 0 saturated carbocycles. The summed E-state index contributed by atoms with van der Waals surface area (Å²) in [5.41, 5.74) is 2.36. The van der Waals surface area contributed by atoms with Crippen LogP contribution < -0.4 is 0 Å². The molecule has 0 aliphatic carbocycles. The van der Waals surface area contributed by atoms with Crippen LogP contribution in [-0.2, 0) is 6.42 Å². The van der Waals surface area contributed by atoms with Crippen molar-refractivity contribution in [2.75, 3.05) is 0 Å². The molecule has 0 bridgehead atoms. The maximum absolute atomic E-state index is 12.8. The van der Waals surface area contributed by atoms with E-state index in [1.165, 1.54) is 23.0 Å². The molecule has 0 saturated heterocycles. The van der Waals surface area contributed by atoms with Crippen molar-refractivity contribution in [3.8, 4) is 0 Å². The third-order valence-electron chi connectivity index (χ3n) is 2.99. The van der Waals surface area contributed by atoms with Gasteiger partial charge in [-0.15, -0.1) is 0 Å². The van der Waals surface area contributed by atoms with E-state index in [9.17, 15) is 9.18 Å². The number of rotatable bonds is 2. The highest BCUT2D eigenvalue weighted by atomic mass is 19.1. The molecule has 4 heteroatoms. The van der Waals surface area contributed by atoms with Crippen molar-refractivity contribution in [3.05, 3.63) is 66.2 Å². The molecular formula is C15H11FN2O. The van der Waals surface area contributed by atoms with E-state index in [0.29, 0.717) is 0 Å². The Morgan fingerprint density at radius 2 is 1.84 bits per heavy atom. The van der Waals surface area contributed by atoms with Crippen LogP contribution in [0, 0.1) is 5.82 Å². The fourth-order valence-corrected chi connectivity index (χ4v) is 2.02. The van der Waals surface area contributed by atoms with Crippen LogP contribution >= 0.6 is 0 Å². The fraction of sp³-hybridized carbons (Fsp3) is 0.0667. The molecule has 0 amide bonds. The number of aromatic nitrogens is 2. The lowest BCUT2D eigenvalue weighted by atomic mass is 10.1. The van der Waals surface area contributed by atoms with Crippen LogP contribution in [0.25, 0.3) is 11.0 Å². The Bertz CT molecular complexity index is 731. The van der Waals surface area contributed by atoms with Crippen molar-refractivity contribution in [2.24, 2.45) is 0 Å². The van der Waals surface area contributed by atoms with Gasteiger partial charge >= 0.3 is 0 Å². The van der Waals surface area contributed by atoms with Gasteiger partial charge in [-0.25, -0.2) is 9.37 Å². The second-order valence-electron chi connectivity index (χ2n) is 4.30. The molecule has 2 aromatic carbocycles. The molecule has 19 heavy (non-hydrogen) atoms. The molecule has 1 aromatic heterocycles. The molecule has 0 spiro atoms. The molecule has 3 rings (SSSR count). The molecule has 1 heterocycles. The Labute approximate surface area is 109 Å². The van der Waals surface area contributed by atoms with E-state index in [4.69, 9.17) is 0 Å². The molecular weight excluding hydrogens is 243 g/mol. The van der Waals surface area contributed by atoms with Crippen LogP contribution in [0.4, 0.5) is 4.39 Å². The molecule has 0 aliphatic rings. The van der Waals surface area contributed by atoms with Gasteiger partial charge in [0.05, 0.1) is 17.5 Å². The number of carbonyl (C=O) groups is 1. The van der Waals surface area contributed by atoms with E-state index in [1.54, 1.807) is 12.1 Å². The number of halogens is 1. The number of imidazole rings is 1. The Morgan fingerprint density at radius 1 is 1.11 bits per heavy atom. The topological polar surface area (TPSA) is 34.9 Å². The van der Waals surface area contributed by atoms with Gasteiger partial charge in [0.1, 0.15) is 12.1 Å². The summed E-state index contributed by atoms with van der Waals surface area (Å²) in [6.45, 7) is 0. The first-order valence-corrected chi connectivity index (χ1v) is 5.94. The first kappa shape index (κ1) is 11.6. The van der Waals surface area contributed by atoms with Crippen molar-refractivity contribution in [2.45, 2.75) is 6.42 Å². The van der Waals surface area contributed by atoms with Crippen molar-refractivity contribution in [1.82, 2.24) is 9.55 Å². The Morgan fingerprint density at radius 3 is 2.63 bits per heavy atom. The van der Waals surface area contributed by atoms with Gasteiger partial charge in [0.15, 0.2) is 0 Å². The quantitative estimate of drug-likeness (QED) is 0.704. The van der Waals surface area contributed by atoms with Gasteiger partial charge in [0.25, 0.3) is 0 Å². The SMILES string of the molecule is O=C(Cc1ccc(F)cc1)n1cnc2ccccc21. The monoisotopic (exact) mass is 254 g/mol. The highest BCUT2D eigenvalue weighted by molar-refractivity contribution is 5.91. The summed E-state index contributed by atoms with van der Waals surface area (Å²) in [4.78, 5) is 16.4. The van der Waals surface area contributed by atoms with E-state index in [2.05, 4.69) is 4.98 Å². The van der Waals surface area contributed by atoms with E-state index in [1.807, 2.05) is 24.3 Å². The predicted octanol–water partition coefficient (Wildman–Crippen LogP) is 3.06. The number of hydrogen-bond donors (Lipinski definition) is 0. The summed E-state index contributed by atoms with van der Waals surface area (Å²) in [6.07, 6.45) is 1.75. The van der Waals surface area contributed by atoms with E-state index in [0.717, 1.165) is 16.6 Å². The van der Waals surface area contributed by atoms with E-state index in [-0.39, 0.29) is 18.1 Å². The Kier molecular flexibility index (Phi) is 2.83. The van der Waals surface area contributed by atoms with Gasteiger partial charge < -0.3 is 0 Å². The highest BCUT2D eigenvalue weighted by Gasteiger charge is 2.10. The largest absolute Gasteiger partial charge is 0.274 e. The molecule has 3 aromatic rings. The average molecular weight is 254 g/mol. The lowest BCUT2D eigenvalue weighted by Gasteiger charge is -2.03. The van der Waals surface area contributed by atoms with E-state index >= 15 is 0 Å². The van der Waals surface area contributed by atoms with E-state index < -0.39 is 0 Å². The molecule has 0 atom stereocenters. The summed E-state index contributed by atoms with van der Waals surface area (Å²) in [7, 11) is 0. The third-order valence-corrected chi connectivity index (χ3v) is 2.99. The normalized spacial score (nSPS) is 10.8. The van der Waals surface area contributed by atoms with Crippen molar-refractivity contribution >= 4 is 16.9 Å². The minimum Gasteiger partial charge on any atom is -0.274 e. The Hall–Kier alpha value is -2.49. The first-order chi connectivity index (χ1) is 9.24. The van der Waals surface area contributed by atoms with Crippen LogP contribution in [-0.4, -0.2) is 15.5 Å². The molecule has 0 aliphatic heterocycles. The summed E-state index contributed by atoms with van der Waals surface area (Å²) < 4.78 is 14.3. The van der Waals surface area contributed by atoms with Crippen LogP contribution in [0.15, 0.2) is 54.9 Å². The standard InChI is InChI=1S/C15H11FN2O/c16-12-7-5-11(6-8-12)9-15(19)18-10-17-13-3-1-2-4-14(13)18/h1-8,10H,9H2. The number of benzene rings is 2. The summed E-state index contributed by atoms with van der Waals surface area (Å²) in [5.74, 6) is -0.385. The Balaban J connectivity index is 1.90. The first-order valence-electron chi connectivity index (χ1n) is 5.94. The van der Waals surface area contributed by atoms with Crippen LogP contribution in [0.5, 0.6) is 0 Å². The van der Waals surface area contributed by atoms with Gasteiger partial charge in [-0.1, -0.05) is 24.3 Å². The minimum atomic E-state index is -0.302. The number of carbonyl (C=O) groups excluding carboxylic acids is 1. The molecule has 0 N–H and O–H groups in total. The maximum atomic E-state index is 12.8. The summed E-state index contributed by atoms with van der Waals surface area (Å²) in [6, 6.07) is 13.4. The average Bonchev–Trinajstić information content (AvgIpc) is 2.85. The van der Waals surface area contributed by atoms with Crippen LogP contribution in [0.1, 0.15) is 10.4 Å². The fourth-order valence-electron chi connectivity index (χ4n) is 2.02. The summed E-state index contributed by atoms with van der Waals surface area (Å²) >= 11 is 0. The smallest absolute Gasteiger partial charge is 0.236 e. The number of para-hydroxylation sites is 2. The van der Waals surface area contributed by atoms with Crippen LogP contribution in [0.2, 0.25) is 0 Å². The number of fused-ring (bicyclic) bond motifs is 1. The minimum absolute atomic E-state index is 0.0830. The molecule has 94 valence electrons. The van der Waals surface area contributed by atoms with Crippen molar-refractivity contribution < 1.29 is 9.18 Å². The van der Waals surface area contributed by atoms with Gasteiger partial charge in [-0.3, -0.25) is 9.36 Å². The molecule has 0 radical (unpaired) electrons. The zero-order valence-corrected chi connectivity index (χ0v) is 10.1. The summed E-state index contributed by atoms with van der Waals surface area (Å²) in [5, 5.41) is 0. The lowest BCUT2D eigenvalue weighted by molar-refractivity contribution is 0.0919. The third kappa shape index (κ3) is 2.25. The second kappa shape index (κ2) is 4.65. The molecule has 0 fully saturated rings. The molecule has 3 nitrogen and oxygen atoms in total. The van der Waals surface area contributed by atoms with Gasteiger partial charge in [0, 0.05) is 0 Å². The number of hydrogen-bond acceptors (Lipinski definition) is 2. The number of nitrogens with zero attached hydrogens (tertiary/aromatic N) is 2. The zero-order chi connectivity index (χ0) is 13.2. The highest BCUT2D eigenvalue weighted by Crippen LogP contribution is 2.13. The lowest BCUT2D eigenvalue weighted by Crippen LogP contribution is -2.12. The second-order valence-corrected chi connectivity index (χ2v) is 4.30. The molecule has 0 unspecified atom stereocenters. The maximum Gasteiger partial charge on any atom is 0.236 e. The van der Waals surface area contributed by atoms with Gasteiger partial charge in [-0.05, 0) is 29.8 Å². The van der Waals surface area contributed by atoms with Crippen molar-refractivity contribution in [3.63, 3.8) is 0 Å². The predicted molar refractivity (Wildman–Crippen MR) is 70.5 cm³/mol. The zero-order valence-electron chi connectivity index (χ0n) is 10.1.